The minimum Gasteiger partial charge on any atom is -0.393 e. The average molecular weight is 517 g/mol. The van der Waals surface area contributed by atoms with E-state index in [4.69, 9.17) is 0 Å². The molecule has 7 nitrogen and oxygen atoms in total. The highest BCUT2D eigenvalue weighted by molar-refractivity contribution is 5.98. The number of fused-ring (bicyclic) bond motifs is 5. The first-order valence-electron chi connectivity index (χ1n) is 13.5. The first kappa shape index (κ1) is 28.3. The van der Waals surface area contributed by atoms with Crippen molar-refractivity contribution in [2.75, 3.05) is 0 Å². The maximum Gasteiger partial charge on any atom is 0.187 e. The number of aliphatic hydroxyl groups excluding tert-OH is 2. The van der Waals surface area contributed by atoms with Crippen LogP contribution in [0.25, 0.3) is 0 Å². The molecular formula is C30H44O7. The van der Waals surface area contributed by atoms with Gasteiger partial charge in [0, 0.05) is 23.2 Å². The van der Waals surface area contributed by atoms with E-state index in [0.29, 0.717) is 12.8 Å². The molecule has 3 saturated carbocycles. The topological polar surface area (TPSA) is 132 Å². The molecule has 0 amide bonds. The Kier molecular flexibility index (Phi) is 6.26. The number of allylic oxidation sites excluding steroid dienone is 2. The zero-order chi connectivity index (χ0) is 28.1. The molecule has 0 aromatic heterocycles. The van der Waals surface area contributed by atoms with Gasteiger partial charge in [-0.1, -0.05) is 38.5 Å². The van der Waals surface area contributed by atoms with Gasteiger partial charge in [-0.15, -0.1) is 0 Å². The highest BCUT2D eigenvalue weighted by Crippen LogP contribution is 2.74. The molecule has 37 heavy (non-hydrogen) atoms. The number of carbonyl (C=O) groups excluding carboxylic acids is 3. The molecule has 0 aromatic rings. The van der Waals surface area contributed by atoms with Crippen molar-refractivity contribution in [1.29, 1.82) is 0 Å². The van der Waals surface area contributed by atoms with Crippen LogP contribution < -0.4 is 0 Å². The van der Waals surface area contributed by atoms with E-state index in [2.05, 4.69) is 13.0 Å². The normalized spacial score (nSPS) is 45.1. The van der Waals surface area contributed by atoms with Crippen molar-refractivity contribution in [2.24, 2.45) is 39.4 Å². The maximum absolute atomic E-state index is 14.2. The van der Waals surface area contributed by atoms with Crippen LogP contribution in [0.15, 0.2) is 23.8 Å². The van der Waals surface area contributed by atoms with E-state index in [9.17, 15) is 34.8 Å². The van der Waals surface area contributed by atoms with Crippen molar-refractivity contribution in [3.63, 3.8) is 0 Å². The Hall–Kier alpha value is -1.67. The molecule has 4 unspecified atom stereocenters. The number of carbonyl (C=O) groups is 3. The summed E-state index contributed by atoms with van der Waals surface area (Å²) < 4.78 is 0. The average Bonchev–Trinajstić information content (AvgIpc) is 2.96. The predicted octanol–water partition coefficient (Wildman–Crippen LogP) is 2.93. The molecule has 0 bridgehead atoms. The van der Waals surface area contributed by atoms with E-state index in [1.165, 1.54) is 32.9 Å². The second-order valence-corrected chi connectivity index (χ2v) is 14.2. The number of aliphatic hydroxyl groups is 4. The molecule has 0 aromatic carbocycles. The van der Waals surface area contributed by atoms with Crippen molar-refractivity contribution in [1.82, 2.24) is 0 Å². The minimum absolute atomic E-state index is 0.0141. The summed E-state index contributed by atoms with van der Waals surface area (Å²) in [6, 6.07) is 0. The third-order valence-electron chi connectivity index (χ3n) is 11.1. The fourth-order valence-electron chi connectivity index (χ4n) is 9.00. The van der Waals surface area contributed by atoms with Crippen LogP contribution in [0, 0.1) is 39.4 Å². The van der Waals surface area contributed by atoms with Crippen LogP contribution in [-0.2, 0) is 14.4 Å². The lowest BCUT2D eigenvalue weighted by Gasteiger charge is -2.64. The molecule has 0 aliphatic heterocycles. The summed E-state index contributed by atoms with van der Waals surface area (Å²) in [6.07, 6.45) is 3.54. The minimum atomic E-state index is -1.95. The van der Waals surface area contributed by atoms with Gasteiger partial charge in [-0.05, 0) is 82.6 Å². The van der Waals surface area contributed by atoms with Crippen LogP contribution in [0.1, 0.15) is 81.1 Å². The smallest absolute Gasteiger partial charge is 0.187 e. The summed E-state index contributed by atoms with van der Waals surface area (Å²) in [7, 11) is 0. The zero-order valence-electron chi connectivity index (χ0n) is 23.5. The highest BCUT2D eigenvalue weighted by atomic mass is 16.3. The van der Waals surface area contributed by atoms with Crippen molar-refractivity contribution >= 4 is 17.3 Å². The Balaban J connectivity index is 1.80. The van der Waals surface area contributed by atoms with E-state index in [0.717, 1.165) is 5.57 Å². The van der Waals surface area contributed by atoms with E-state index in [1.54, 1.807) is 0 Å². The van der Waals surface area contributed by atoms with Crippen molar-refractivity contribution in [3.8, 4) is 0 Å². The number of ketones is 3. The number of Topliss-reactive ketones (excluding diaryl/α,β-unsaturated/α-hetero) is 2. The maximum atomic E-state index is 14.2. The van der Waals surface area contributed by atoms with Gasteiger partial charge in [0.2, 0.25) is 0 Å². The Labute approximate surface area is 220 Å². The van der Waals surface area contributed by atoms with Crippen LogP contribution in [0.5, 0.6) is 0 Å². The van der Waals surface area contributed by atoms with Crippen LogP contribution in [0.3, 0.4) is 0 Å². The number of rotatable bonds is 4. The van der Waals surface area contributed by atoms with Crippen LogP contribution in [0.4, 0.5) is 0 Å². The van der Waals surface area contributed by atoms with Crippen LogP contribution in [0.2, 0.25) is 0 Å². The van der Waals surface area contributed by atoms with E-state index in [-0.39, 0.29) is 36.2 Å². The molecule has 4 aliphatic rings. The van der Waals surface area contributed by atoms with Crippen molar-refractivity contribution < 1.29 is 34.8 Å². The zero-order valence-corrected chi connectivity index (χ0v) is 23.5. The SMILES string of the molecule is CC(C)(O)/C=C/C(=O)C(C)(O)[C@H]1C(O)CC2(C)[C@@H]3CC=C4C(C[C@H](O)C(=O)C4(C)C)[C@]3(C)C(=O)C[C@]12C. The summed E-state index contributed by atoms with van der Waals surface area (Å²) in [6.45, 7) is 14.0. The molecule has 7 heteroatoms. The summed E-state index contributed by atoms with van der Waals surface area (Å²) in [5.74, 6) is -2.24. The fraction of sp³-hybridized carbons (Fsp3) is 0.767. The molecule has 0 spiro atoms. The van der Waals surface area contributed by atoms with E-state index >= 15 is 0 Å². The lowest BCUT2D eigenvalue weighted by Crippen LogP contribution is -2.65. The second-order valence-electron chi connectivity index (χ2n) is 14.2. The first-order valence-corrected chi connectivity index (χ1v) is 13.5. The number of hydrogen-bond donors (Lipinski definition) is 4. The Morgan fingerprint density at radius 3 is 2.19 bits per heavy atom. The predicted molar refractivity (Wildman–Crippen MR) is 138 cm³/mol. The molecule has 3 fully saturated rings. The Bertz CT molecular complexity index is 1090. The second kappa shape index (κ2) is 8.17. The van der Waals surface area contributed by atoms with E-state index in [1.807, 2.05) is 27.7 Å². The van der Waals surface area contributed by atoms with Gasteiger partial charge in [0.05, 0.1) is 11.7 Å². The summed E-state index contributed by atoms with van der Waals surface area (Å²) >= 11 is 0. The summed E-state index contributed by atoms with van der Waals surface area (Å²) in [5.41, 5.74) is -5.46. The molecular weight excluding hydrogens is 472 g/mol. The molecule has 4 N–H and O–H groups in total. The van der Waals surface area contributed by atoms with Gasteiger partial charge in [0.15, 0.2) is 11.6 Å². The molecule has 9 atom stereocenters. The highest BCUT2D eigenvalue weighted by Gasteiger charge is 2.74. The Morgan fingerprint density at radius 1 is 1.03 bits per heavy atom. The molecule has 0 saturated heterocycles. The fourth-order valence-corrected chi connectivity index (χ4v) is 9.00. The third-order valence-corrected chi connectivity index (χ3v) is 11.1. The first-order chi connectivity index (χ1) is 16.7. The lowest BCUT2D eigenvalue weighted by molar-refractivity contribution is -0.183. The Morgan fingerprint density at radius 2 is 1.62 bits per heavy atom. The molecule has 0 heterocycles. The van der Waals surface area contributed by atoms with Crippen LogP contribution in [-0.4, -0.2) is 61.2 Å². The van der Waals surface area contributed by atoms with Gasteiger partial charge in [-0.25, -0.2) is 0 Å². The molecule has 4 aliphatic carbocycles. The van der Waals surface area contributed by atoms with Gasteiger partial charge >= 0.3 is 0 Å². The van der Waals surface area contributed by atoms with Crippen molar-refractivity contribution in [3.05, 3.63) is 23.8 Å². The molecule has 0 radical (unpaired) electrons. The van der Waals surface area contributed by atoms with Gasteiger partial charge in [-0.2, -0.15) is 0 Å². The van der Waals surface area contributed by atoms with Gasteiger partial charge in [0.25, 0.3) is 0 Å². The largest absolute Gasteiger partial charge is 0.393 e. The lowest BCUT2D eigenvalue weighted by atomic mass is 9.38. The van der Waals surface area contributed by atoms with E-state index < -0.39 is 56.8 Å². The van der Waals surface area contributed by atoms with Crippen molar-refractivity contribution in [2.45, 2.75) is 104 Å². The molecule has 206 valence electrons. The third kappa shape index (κ3) is 3.71. The van der Waals surface area contributed by atoms with Gasteiger partial charge in [-0.3, -0.25) is 14.4 Å². The quantitative estimate of drug-likeness (QED) is 0.334. The van der Waals surface area contributed by atoms with Gasteiger partial charge < -0.3 is 20.4 Å². The monoisotopic (exact) mass is 516 g/mol. The van der Waals surface area contributed by atoms with Crippen LogP contribution >= 0.6 is 0 Å². The van der Waals surface area contributed by atoms with Gasteiger partial charge in [0.1, 0.15) is 17.5 Å². The summed E-state index contributed by atoms with van der Waals surface area (Å²) in [4.78, 5) is 40.2. The summed E-state index contributed by atoms with van der Waals surface area (Å²) in [5, 5.41) is 43.7. The molecule has 4 rings (SSSR count). The standard InChI is InChI=1S/C30H44O7/c1-25(2,36)12-11-21(33)30(8,37)23-19(32)14-27(5)20-10-9-16-17(13-18(31)24(35)26(16,3)4)29(20,7)22(34)15-28(23,27)6/h9,11-12,17-20,23,31-32,36-37H,10,13-15H2,1-8H3/b12-11+/t17?,18-,19?,20-,23-,27?,28+,29-,30?/m0/s1. The number of hydrogen-bond acceptors (Lipinski definition) is 7.